The molecule has 2 aromatic rings. The SMILES string of the molecule is CCC(C(=O)c1ccc(C)cc1C)c1ccccc1. The van der Waals surface area contributed by atoms with E-state index in [9.17, 15) is 4.79 Å². The maximum Gasteiger partial charge on any atom is 0.170 e. The first kappa shape index (κ1) is 13.5. The van der Waals surface area contributed by atoms with Gasteiger partial charge in [-0.05, 0) is 31.4 Å². The van der Waals surface area contributed by atoms with E-state index in [0.29, 0.717) is 0 Å². The van der Waals surface area contributed by atoms with Gasteiger partial charge < -0.3 is 0 Å². The summed E-state index contributed by atoms with van der Waals surface area (Å²) < 4.78 is 0. The summed E-state index contributed by atoms with van der Waals surface area (Å²) in [6.07, 6.45) is 0.830. The highest BCUT2D eigenvalue weighted by molar-refractivity contribution is 6.02. The Balaban J connectivity index is 2.36. The van der Waals surface area contributed by atoms with Crippen LogP contribution in [0, 0.1) is 13.8 Å². The van der Waals surface area contributed by atoms with Gasteiger partial charge in [0, 0.05) is 11.5 Å². The molecule has 0 aliphatic heterocycles. The normalized spacial score (nSPS) is 12.2. The van der Waals surface area contributed by atoms with E-state index in [1.807, 2.05) is 49.4 Å². The number of hydrogen-bond acceptors (Lipinski definition) is 1. The third-order valence-electron chi connectivity index (χ3n) is 3.57. The average Bonchev–Trinajstić information content (AvgIpc) is 2.40. The predicted molar refractivity (Wildman–Crippen MR) is 79.7 cm³/mol. The quantitative estimate of drug-likeness (QED) is 0.722. The van der Waals surface area contributed by atoms with Crippen molar-refractivity contribution < 1.29 is 4.79 Å². The van der Waals surface area contributed by atoms with Crippen molar-refractivity contribution in [2.45, 2.75) is 33.1 Å². The second-order valence-electron chi connectivity index (χ2n) is 5.05. The van der Waals surface area contributed by atoms with Crippen LogP contribution in [0.5, 0.6) is 0 Å². The summed E-state index contributed by atoms with van der Waals surface area (Å²) >= 11 is 0. The molecule has 0 amide bonds. The van der Waals surface area contributed by atoms with Gasteiger partial charge in [-0.2, -0.15) is 0 Å². The molecule has 2 rings (SSSR count). The van der Waals surface area contributed by atoms with Crippen LogP contribution in [0.4, 0.5) is 0 Å². The van der Waals surface area contributed by atoms with Crippen molar-refractivity contribution >= 4 is 5.78 Å². The van der Waals surface area contributed by atoms with Crippen molar-refractivity contribution in [3.63, 3.8) is 0 Å². The molecular weight excluding hydrogens is 232 g/mol. The van der Waals surface area contributed by atoms with E-state index in [0.717, 1.165) is 23.1 Å². The molecule has 0 radical (unpaired) electrons. The van der Waals surface area contributed by atoms with Crippen LogP contribution in [0.3, 0.4) is 0 Å². The first-order valence-electron chi connectivity index (χ1n) is 6.80. The highest BCUT2D eigenvalue weighted by atomic mass is 16.1. The molecule has 0 aliphatic carbocycles. The minimum Gasteiger partial charge on any atom is -0.293 e. The van der Waals surface area contributed by atoms with Gasteiger partial charge in [0.1, 0.15) is 0 Å². The van der Waals surface area contributed by atoms with Gasteiger partial charge in [0.2, 0.25) is 0 Å². The zero-order valence-electron chi connectivity index (χ0n) is 11.8. The molecular formula is C18H20O. The highest BCUT2D eigenvalue weighted by Gasteiger charge is 2.21. The Morgan fingerprint density at radius 2 is 1.74 bits per heavy atom. The van der Waals surface area contributed by atoms with Crippen molar-refractivity contribution in [1.82, 2.24) is 0 Å². The van der Waals surface area contributed by atoms with Gasteiger partial charge in [0.05, 0.1) is 0 Å². The number of benzene rings is 2. The third-order valence-corrected chi connectivity index (χ3v) is 3.57. The molecule has 98 valence electrons. The summed E-state index contributed by atoms with van der Waals surface area (Å²) in [6, 6.07) is 16.1. The fraction of sp³-hybridized carbons (Fsp3) is 0.278. The Kier molecular flexibility index (Phi) is 4.16. The lowest BCUT2D eigenvalue weighted by molar-refractivity contribution is 0.0956. The van der Waals surface area contributed by atoms with Crippen LogP contribution in [0.1, 0.15) is 46.3 Å². The number of hydrogen-bond donors (Lipinski definition) is 0. The molecule has 0 spiro atoms. The van der Waals surface area contributed by atoms with Gasteiger partial charge in [-0.15, -0.1) is 0 Å². The lowest BCUT2D eigenvalue weighted by atomic mass is 9.87. The summed E-state index contributed by atoms with van der Waals surface area (Å²) in [5.74, 6) is 0.189. The maximum absolute atomic E-state index is 12.7. The summed E-state index contributed by atoms with van der Waals surface area (Å²) in [6.45, 7) is 6.13. The van der Waals surface area contributed by atoms with E-state index in [-0.39, 0.29) is 11.7 Å². The first-order valence-corrected chi connectivity index (χ1v) is 6.80. The fourth-order valence-electron chi connectivity index (χ4n) is 2.54. The summed E-state index contributed by atoms with van der Waals surface area (Å²) in [5.41, 5.74) is 4.22. The van der Waals surface area contributed by atoms with E-state index >= 15 is 0 Å². The Bertz CT molecular complexity index is 569. The molecule has 0 fully saturated rings. The maximum atomic E-state index is 12.7. The highest BCUT2D eigenvalue weighted by Crippen LogP contribution is 2.25. The van der Waals surface area contributed by atoms with Crippen LogP contribution < -0.4 is 0 Å². The molecule has 0 heterocycles. The van der Waals surface area contributed by atoms with Crippen LogP contribution >= 0.6 is 0 Å². The molecule has 0 aromatic heterocycles. The molecule has 0 bridgehead atoms. The molecule has 1 heteroatoms. The zero-order valence-corrected chi connectivity index (χ0v) is 11.8. The molecule has 19 heavy (non-hydrogen) atoms. The predicted octanol–water partition coefficient (Wildman–Crippen LogP) is 4.68. The summed E-state index contributed by atoms with van der Waals surface area (Å²) in [5, 5.41) is 0. The minimum atomic E-state index is -0.0393. The van der Waals surface area contributed by atoms with E-state index in [2.05, 4.69) is 19.9 Å². The Labute approximate surface area is 115 Å². The monoisotopic (exact) mass is 252 g/mol. The standard InChI is InChI=1S/C18H20O/c1-4-16(15-8-6-5-7-9-15)18(19)17-11-10-13(2)12-14(17)3/h5-12,16H,4H2,1-3H3. The average molecular weight is 252 g/mol. The van der Waals surface area contributed by atoms with Crippen LogP contribution in [-0.4, -0.2) is 5.78 Å². The largest absolute Gasteiger partial charge is 0.293 e. The van der Waals surface area contributed by atoms with Crippen molar-refractivity contribution in [2.24, 2.45) is 0 Å². The van der Waals surface area contributed by atoms with Gasteiger partial charge in [0.15, 0.2) is 5.78 Å². The first-order chi connectivity index (χ1) is 9.13. The number of Topliss-reactive ketones (excluding diaryl/α,β-unsaturated/α-hetero) is 1. The minimum absolute atomic E-state index is 0.0393. The second kappa shape index (κ2) is 5.83. The Hall–Kier alpha value is -1.89. The molecule has 1 nitrogen and oxygen atoms in total. The van der Waals surface area contributed by atoms with Gasteiger partial charge >= 0.3 is 0 Å². The number of carbonyl (C=O) groups is 1. The molecule has 0 aliphatic rings. The smallest absolute Gasteiger partial charge is 0.170 e. The summed E-state index contributed by atoms with van der Waals surface area (Å²) in [7, 11) is 0. The number of ketones is 1. The molecule has 1 atom stereocenters. The Morgan fingerprint density at radius 3 is 2.32 bits per heavy atom. The van der Waals surface area contributed by atoms with Gasteiger partial charge in [-0.1, -0.05) is 61.0 Å². The third kappa shape index (κ3) is 2.93. The number of aryl methyl sites for hydroxylation is 2. The van der Waals surface area contributed by atoms with Crippen LogP contribution in [0.2, 0.25) is 0 Å². The van der Waals surface area contributed by atoms with Crippen molar-refractivity contribution in [3.8, 4) is 0 Å². The van der Waals surface area contributed by atoms with Gasteiger partial charge in [-0.25, -0.2) is 0 Å². The fourth-order valence-corrected chi connectivity index (χ4v) is 2.54. The van der Waals surface area contributed by atoms with Gasteiger partial charge in [-0.3, -0.25) is 4.79 Å². The van der Waals surface area contributed by atoms with Crippen molar-refractivity contribution in [2.75, 3.05) is 0 Å². The summed E-state index contributed by atoms with van der Waals surface area (Å²) in [4.78, 5) is 12.7. The van der Waals surface area contributed by atoms with Crippen molar-refractivity contribution in [3.05, 3.63) is 70.8 Å². The van der Waals surface area contributed by atoms with E-state index in [4.69, 9.17) is 0 Å². The van der Waals surface area contributed by atoms with Crippen molar-refractivity contribution in [1.29, 1.82) is 0 Å². The van der Waals surface area contributed by atoms with Crippen LogP contribution in [-0.2, 0) is 0 Å². The molecule has 0 N–H and O–H groups in total. The van der Waals surface area contributed by atoms with E-state index < -0.39 is 0 Å². The number of carbonyl (C=O) groups excluding carboxylic acids is 1. The van der Waals surface area contributed by atoms with Gasteiger partial charge in [0.25, 0.3) is 0 Å². The topological polar surface area (TPSA) is 17.1 Å². The number of rotatable bonds is 4. The van der Waals surface area contributed by atoms with Crippen LogP contribution in [0.15, 0.2) is 48.5 Å². The lowest BCUT2D eigenvalue weighted by Crippen LogP contribution is -2.13. The Morgan fingerprint density at radius 1 is 1.05 bits per heavy atom. The molecule has 0 saturated carbocycles. The second-order valence-corrected chi connectivity index (χ2v) is 5.05. The van der Waals surface area contributed by atoms with Crippen LogP contribution in [0.25, 0.3) is 0 Å². The molecule has 1 unspecified atom stereocenters. The van der Waals surface area contributed by atoms with E-state index in [1.165, 1.54) is 5.56 Å². The zero-order chi connectivity index (χ0) is 13.8. The molecule has 0 saturated heterocycles. The lowest BCUT2D eigenvalue weighted by Gasteiger charge is -2.16. The molecule has 2 aromatic carbocycles. The van der Waals surface area contributed by atoms with E-state index in [1.54, 1.807) is 0 Å².